The van der Waals surface area contributed by atoms with Crippen LogP contribution in [0.2, 0.25) is 0 Å². The summed E-state index contributed by atoms with van der Waals surface area (Å²) in [4.78, 5) is 2.28. The summed E-state index contributed by atoms with van der Waals surface area (Å²) in [6, 6.07) is 0. The van der Waals surface area contributed by atoms with Crippen molar-refractivity contribution in [1.82, 2.24) is 10.0 Å². The molecule has 0 aliphatic heterocycles. The van der Waals surface area contributed by atoms with Crippen LogP contribution >= 0.6 is 0 Å². The zero-order valence-electron chi connectivity index (χ0n) is 21.2. The quantitative estimate of drug-likeness (QED) is 0.106. The molecule has 30 heavy (non-hydrogen) atoms. The van der Waals surface area contributed by atoms with Gasteiger partial charge in [0.2, 0.25) is 0 Å². The lowest BCUT2D eigenvalue weighted by molar-refractivity contribution is 0.0217. The zero-order chi connectivity index (χ0) is 22.1. The van der Waals surface area contributed by atoms with Gasteiger partial charge < -0.3 is 4.90 Å². The lowest BCUT2D eigenvalue weighted by Crippen LogP contribution is -2.16. The molecule has 0 fully saturated rings. The Balaban J connectivity index is 3.14. The van der Waals surface area contributed by atoms with Gasteiger partial charge in [-0.15, -0.1) is 9.60 Å². The molecule has 0 bridgehead atoms. The van der Waals surface area contributed by atoms with E-state index < -0.39 is 0 Å². The Morgan fingerprint density at radius 2 is 0.667 bits per heavy atom. The van der Waals surface area contributed by atoms with Gasteiger partial charge in [-0.3, -0.25) is 0 Å². The predicted octanol–water partition coefficient (Wildman–Crippen LogP) is 8.95. The Labute approximate surface area is 190 Å². The molecule has 0 heterocycles. The molecule has 0 saturated carbocycles. The third-order valence-corrected chi connectivity index (χ3v) is 6.26. The van der Waals surface area contributed by atoms with Crippen molar-refractivity contribution >= 4 is 0 Å². The van der Waals surface area contributed by atoms with Crippen LogP contribution in [-0.2, 0) is 0 Å². The summed E-state index contributed by atoms with van der Waals surface area (Å²) < 4.78 is 13.8. The summed E-state index contributed by atoms with van der Waals surface area (Å²) in [5.41, 5.74) is 0. The average Bonchev–Trinajstić information content (AvgIpc) is 2.72. The molecule has 0 spiro atoms. The maximum Gasteiger partial charge on any atom is 0.0290 e. The van der Waals surface area contributed by atoms with Crippen molar-refractivity contribution in [2.45, 2.75) is 142 Å². The van der Waals surface area contributed by atoms with Gasteiger partial charge in [-0.1, -0.05) is 122 Å². The van der Waals surface area contributed by atoms with Gasteiger partial charge in [0.15, 0.2) is 0 Å². The monoisotopic (exact) mass is 428 g/mol. The fraction of sp³-hybridized carbons (Fsp3) is 1.00. The van der Waals surface area contributed by atoms with Gasteiger partial charge in [-0.25, -0.2) is 0 Å². The van der Waals surface area contributed by atoms with Crippen molar-refractivity contribution in [3.63, 3.8) is 0 Å². The van der Waals surface area contributed by atoms with Crippen molar-refractivity contribution < 1.29 is 4.48 Å². The molecule has 0 radical (unpaired) electrons. The van der Waals surface area contributed by atoms with Gasteiger partial charge in [-0.05, 0) is 39.9 Å². The maximum atomic E-state index is 13.8. The molecular weight excluding hydrogens is 371 g/mol. The molecule has 0 amide bonds. The fourth-order valence-electron chi connectivity index (χ4n) is 4.18. The smallest absolute Gasteiger partial charge is 0.0290 e. The largest absolute Gasteiger partial charge is 0.309 e. The third kappa shape index (κ3) is 25.9. The minimum absolute atomic E-state index is 0.643. The number of halogens is 1. The SMILES string of the molecule is CCCCCCCCCCCCN(F)CCCCCCCCCCCCCN(C)C. The van der Waals surface area contributed by atoms with Crippen molar-refractivity contribution in [3.05, 3.63) is 0 Å². The Hall–Kier alpha value is -0.150. The summed E-state index contributed by atoms with van der Waals surface area (Å²) in [6.45, 7) is 4.79. The summed E-state index contributed by atoms with van der Waals surface area (Å²) in [6.07, 6.45) is 27.7. The molecule has 0 aliphatic rings. The summed E-state index contributed by atoms with van der Waals surface area (Å²) in [5, 5.41) is 1.07. The van der Waals surface area contributed by atoms with Crippen LogP contribution < -0.4 is 0 Å². The molecule has 0 aliphatic carbocycles. The Kier molecular flexibility index (Phi) is 25.0. The molecule has 0 saturated heterocycles. The number of rotatable bonds is 25. The minimum Gasteiger partial charge on any atom is -0.309 e. The van der Waals surface area contributed by atoms with Crippen molar-refractivity contribution in [1.29, 1.82) is 0 Å². The van der Waals surface area contributed by atoms with Crippen LogP contribution in [-0.4, -0.2) is 43.8 Å². The fourth-order valence-corrected chi connectivity index (χ4v) is 4.18. The molecule has 0 aromatic rings. The van der Waals surface area contributed by atoms with Crippen LogP contribution in [0.5, 0.6) is 0 Å². The van der Waals surface area contributed by atoms with E-state index in [-0.39, 0.29) is 0 Å². The van der Waals surface area contributed by atoms with Crippen LogP contribution in [0.25, 0.3) is 0 Å². The highest BCUT2D eigenvalue weighted by atomic mass is 19.2. The first kappa shape index (κ1) is 29.9. The Bertz CT molecular complexity index is 309. The molecule has 0 N–H and O–H groups in total. The molecule has 0 rings (SSSR count). The highest BCUT2D eigenvalue weighted by molar-refractivity contribution is 4.53. The van der Waals surface area contributed by atoms with Gasteiger partial charge in [0, 0.05) is 13.1 Å². The second-order valence-corrected chi connectivity index (χ2v) is 9.78. The van der Waals surface area contributed by atoms with E-state index >= 15 is 0 Å². The second kappa shape index (κ2) is 25.1. The molecule has 182 valence electrons. The average molecular weight is 429 g/mol. The summed E-state index contributed by atoms with van der Waals surface area (Å²) in [5.74, 6) is 0. The molecule has 3 heteroatoms. The molecule has 0 atom stereocenters. The van der Waals surface area contributed by atoms with Crippen LogP contribution in [0.3, 0.4) is 0 Å². The summed E-state index contributed by atoms with van der Waals surface area (Å²) in [7, 11) is 4.31. The van der Waals surface area contributed by atoms with E-state index in [9.17, 15) is 4.48 Å². The van der Waals surface area contributed by atoms with Gasteiger partial charge in [0.1, 0.15) is 0 Å². The maximum absolute atomic E-state index is 13.8. The van der Waals surface area contributed by atoms with E-state index in [2.05, 4.69) is 25.9 Å². The summed E-state index contributed by atoms with van der Waals surface area (Å²) >= 11 is 0. The molecular formula is C27H57FN2. The Morgan fingerprint density at radius 3 is 0.967 bits per heavy atom. The van der Waals surface area contributed by atoms with Crippen LogP contribution in [0, 0.1) is 0 Å². The molecule has 2 nitrogen and oxygen atoms in total. The van der Waals surface area contributed by atoms with E-state index in [1.165, 1.54) is 129 Å². The lowest BCUT2D eigenvalue weighted by Gasteiger charge is -2.11. The van der Waals surface area contributed by atoms with Gasteiger partial charge in [0.05, 0.1) is 0 Å². The number of hydrogen-bond donors (Lipinski definition) is 0. The van der Waals surface area contributed by atoms with Crippen molar-refractivity contribution in [2.24, 2.45) is 0 Å². The van der Waals surface area contributed by atoms with Gasteiger partial charge in [-0.2, -0.15) is 0 Å². The molecule has 0 unspecified atom stereocenters. The Morgan fingerprint density at radius 1 is 0.400 bits per heavy atom. The number of nitrogens with zero attached hydrogens (tertiary/aromatic N) is 2. The highest BCUT2D eigenvalue weighted by Gasteiger charge is 2.02. The second-order valence-electron chi connectivity index (χ2n) is 9.78. The first-order valence-electron chi connectivity index (χ1n) is 13.7. The predicted molar refractivity (Wildman–Crippen MR) is 134 cm³/mol. The molecule has 0 aromatic heterocycles. The van der Waals surface area contributed by atoms with E-state index in [1.54, 1.807) is 0 Å². The van der Waals surface area contributed by atoms with Crippen molar-refractivity contribution in [3.8, 4) is 0 Å². The lowest BCUT2D eigenvalue weighted by atomic mass is 10.1. The first-order valence-corrected chi connectivity index (χ1v) is 13.7. The standard InChI is InChI=1S/C27H57FN2/c1-4-5-6-7-8-9-14-17-20-23-26-30(28)27-24-21-18-15-12-10-11-13-16-19-22-25-29(2)3/h4-27H2,1-3H3. The normalized spacial score (nSPS) is 11.8. The van der Waals surface area contributed by atoms with E-state index in [4.69, 9.17) is 0 Å². The zero-order valence-corrected chi connectivity index (χ0v) is 21.2. The van der Waals surface area contributed by atoms with E-state index in [0.29, 0.717) is 13.1 Å². The van der Waals surface area contributed by atoms with Gasteiger partial charge in [0.25, 0.3) is 0 Å². The third-order valence-electron chi connectivity index (χ3n) is 6.26. The van der Waals surface area contributed by atoms with Crippen molar-refractivity contribution in [2.75, 3.05) is 33.7 Å². The molecule has 0 aromatic carbocycles. The van der Waals surface area contributed by atoms with Crippen LogP contribution in [0.1, 0.15) is 142 Å². The highest BCUT2D eigenvalue weighted by Crippen LogP contribution is 2.13. The van der Waals surface area contributed by atoms with Crippen LogP contribution in [0.15, 0.2) is 0 Å². The number of hydrogen-bond acceptors (Lipinski definition) is 2. The van der Waals surface area contributed by atoms with E-state index in [1.807, 2.05) is 0 Å². The van der Waals surface area contributed by atoms with E-state index in [0.717, 1.165) is 18.0 Å². The number of unbranched alkanes of at least 4 members (excludes halogenated alkanes) is 19. The van der Waals surface area contributed by atoms with Crippen LogP contribution in [0.4, 0.5) is 4.48 Å². The van der Waals surface area contributed by atoms with Gasteiger partial charge >= 0.3 is 0 Å². The topological polar surface area (TPSA) is 6.48 Å². The minimum atomic E-state index is 0.643. The first-order chi connectivity index (χ1) is 14.7.